The third-order valence-electron chi connectivity index (χ3n) is 3.40. The maximum atomic E-state index is 11.6. The SMILES string of the molecule is CC(C)(C)C(=O)OCCOC(=O)CCCCC(=O)OCCOC(=O)C(C)(C)C. The molecule has 8 nitrogen and oxygen atoms in total. The highest BCUT2D eigenvalue weighted by Crippen LogP contribution is 2.15. The number of rotatable bonds is 11. The molecule has 0 unspecified atom stereocenters. The van der Waals surface area contributed by atoms with Gasteiger partial charge in [-0.2, -0.15) is 0 Å². The standard InChI is InChI=1S/C20H34O8/c1-19(2,3)17(23)27-13-11-25-15(21)9-7-8-10-16(22)26-12-14-28-18(24)20(4,5)6/h7-14H2,1-6H3. The molecule has 0 atom stereocenters. The van der Waals surface area contributed by atoms with E-state index in [1.165, 1.54) is 0 Å². The van der Waals surface area contributed by atoms with E-state index in [1.807, 2.05) is 0 Å². The van der Waals surface area contributed by atoms with Crippen molar-refractivity contribution in [3.05, 3.63) is 0 Å². The Kier molecular flexibility index (Phi) is 11.4. The highest BCUT2D eigenvalue weighted by molar-refractivity contribution is 5.75. The summed E-state index contributed by atoms with van der Waals surface area (Å²) in [6.45, 7) is 10.5. The summed E-state index contributed by atoms with van der Waals surface area (Å²) in [4.78, 5) is 46.2. The van der Waals surface area contributed by atoms with Crippen LogP contribution in [0.15, 0.2) is 0 Å². The van der Waals surface area contributed by atoms with Crippen LogP contribution in [-0.2, 0) is 38.1 Å². The number of hydrogen-bond donors (Lipinski definition) is 0. The van der Waals surface area contributed by atoms with Gasteiger partial charge in [-0.25, -0.2) is 0 Å². The molecule has 0 aromatic heterocycles. The Bertz CT molecular complexity index is 477. The first-order valence-corrected chi connectivity index (χ1v) is 9.49. The highest BCUT2D eigenvalue weighted by atomic mass is 16.6. The van der Waals surface area contributed by atoms with E-state index >= 15 is 0 Å². The molecule has 0 heterocycles. The smallest absolute Gasteiger partial charge is 0.311 e. The lowest BCUT2D eigenvalue weighted by atomic mass is 9.97. The van der Waals surface area contributed by atoms with Crippen molar-refractivity contribution < 1.29 is 38.1 Å². The van der Waals surface area contributed by atoms with Gasteiger partial charge in [0.2, 0.25) is 0 Å². The molecule has 0 fully saturated rings. The van der Waals surface area contributed by atoms with E-state index in [1.54, 1.807) is 41.5 Å². The lowest BCUT2D eigenvalue weighted by Gasteiger charge is -2.16. The zero-order valence-electron chi connectivity index (χ0n) is 17.9. The summed E-state index contributed by atoms with van der Waals surface area (Å²) in [7, 11) is 0. The van der Waals surface area contributed by atoms with Gasteiger partial charge in [0.25, 0.3) is 0 Å². The van der Waals surface area contributed by atoms with Gasteiger partial charge in [-0.15, -0.1) is 0 Å². The number of carbonyl (C=O) groups excluding carboxylic acids is 4. The van der Waals surface area contributed by atoms with Gasteiger partial charge in [0.15, 0.2) is 0 Å². The summed E-state index contributed by atoms with van der Waals surface area (Å²) < 4.78 is 19.9. The summed E-state index contributed by atoms with van der Waals surface area (Å²) in [6, 6.07) is 0. The van der Waals surface area contributed by atoms with E-state index in [0.717, 1.165) is 0 Å². The summed E-state index contributed by atoms with van der Waals surface area (Å²) in [5.41, 5.74) is -1.18. The second-order valence-corrected chi connectivity index (χ2v) is 8.42. The topological polar surface area (TPSA) is 105 Å². The molecule has 0 aromatic rings. The van der Waals surface area contributed by atoms with Crippen molar-refractivity contribution in [2.24, 2.45) is 10.8 Å². The minimum Gasteiger partial charge on any atom is -0.462 e. The maximum Gasteiger partial charge on any atom is 0.311 e. The normalized spacial score (nSPS) is 11.5. The van der Waals surface area contributed by atoms with Gasteiger partial charge >= 0.3 is 23.9 Å². The van der Waals surface area contributed by atoms with Crippen molar-refractivity contribution in [1.29, 1.82) is 0 Å². The summed E-state index contributed by atoms with van der Waals surface area (Å²) in [5.74, 6) is -1.52. The van der Waals surface area contributed by atoms with Crippen molar-refractivity contribution in [3.63, 3.8) is 0 Å². The van der Waals surface area contributed by atoms with Crippen LogP contribution in [-0.4, -0.2) is 50.3 Å². The van der Waals surface area contributed by atoms with Gasteiger partial charge in [0, 0.05) is 12.8 Å². The van der Waals surface area contributed by atoms with Gasteiger partial charge in [-0.05, 0) is 54.4 Å². The first-order chi connectivity index (χ1) is 12.8. The molecular formula is C20H34O8. The Balaban J connectivity index is 3.65. The van der Waals surface area contributed by atoms with Gasteiger partial charge in [0.05, 0.1) is 10.8 Å². The van der Waals surface area contributed by atoms with Crippen molar-refractivity contribution in [2.75, 3.05) is 26.4 Å². The van der Waals surface area contributed by atoms with Crippen LogP contribution in [0.4, 0.5) is 0 Å². The van der Waals surface area contributed by atoms with E-state index in [4.69, 9.17) is 18.9 Å². The molecule has 0 spiro atoms. The molecule has 0 radical (unpaired) electrons. The Morgan fingerprint density at radius 3 is 1.11 bits per heavy atom. The molecule has 0 amide bonds. The number of hydrogen-bond acceptors (Lipinski definition) is 8. The Hall–Kier alpha value is -2.12. The summed E-state index contributed by atoms with van der Waals surface area (Å²) in [6.07, 6.45) is 1.30. The molecule has 0 bridgehead atoms. The zero-order chi connectivity index (χ0) is 21.8. The van der Waals surface area contributed by atoms with E-state index in [0.29, 0.717) is 12.8 Å². The molecule has 8 heteroatoms. The average Bonchev–Trinajstić information content (AvgIpc) is 2.57. The Labute approximate surface area is 167 Å². The lowest BCUT2D eigenvalue weighted by molar-refractivity contribution is -0.158. The van der Waals surface area contributed by atoms with Crippen molar-refractivity contribution in [2.45, 2.75) is 67.2 Å². The molecule has 28 heavy (non-hydrogen) atoms. The van der Waals surface area contributed by atoms with Crippen LogP contribution in [0.25, 0.3) is 0 Å². The molecule has 0 aromatic carbocycles. The fourth-order valence-corrected chi connectivity index (χ4v) is 1.70. The molecule has 0 aliphatic rings. The number of esters is 4. The second kappa shape index (κ2) is 12.4. The third kappa shape index (κ3) is 13.1. The van der Waals surface area contributed by atoms with Crippen LogP contribution >= 0.6 is 0 Å². The predicted octanol–water partition coefficient (Wildman–Crippen LogP) is 2.81. The van der Waals surface area contributed by atoms with Gasteiger partial charge in [-0.1, -0.05) is 0 Å². The van der Waals surface area contributed by atoms with Gasteiger partial charge < -0.3 is 18.9 Å². The van der Waals surface area contributed by atoms with E-state index < -0.39 is 22.8 Å². The molecule has 162 valence electrons. The molecule has 0 rings (SSSR count). The van der Waals surface area contributed by atoms with E-state index in [9.17, 15) is 19.2 Å². The Morgan fingerprint density at radius 1 is 0.536 bits per heavy atom. The van der Waals surface area contributed by atoms with Crippen LogP contribution in [0, 0.1) is 10.8 Å². The molecular weight excluding hydrogens is 368 g/mol. The number of carbonyl (C=O) groups is 4. The van der Waals surface area contributed by atoms with Crippen molar-refractivity contribution in [3.8, 4) is 0 Å². The fourth-order valence-electron chi connectivity index (χ4n) is 1.70. The van der Waals surface area contributed by atoms with Crippen molar-refractivity contribution in [1.82, 2.24) is 0 Å². The Morgan fingerprint density at radius 2 is 0.821 bits per heavy atom. The third-order valence-corrected chi connectivity index (χ3v) is 3.40. The first kappa shape index (κ1) is 25.9. The quantitative estimate of drug-likeness (QED) is 0.295. The van der Waals surface area contributed by atoms with E-state index in [-0.39, 0.29) is 51.2 Å². The van der Waals surface area contributed by atoms with Crippen LogP contribution in [0.3, 0.4) is 0 Å². The summed E-state index contributed by atoms with van der Waals surface area (Å²) in [5, 5.41) is 0. The lowest BCUT2D eigenvalue weighted by Crippen LogP contribution is -2.25. The van der Waals surface area contributed by atoms with Gasteiger partial charge in [-0.3, -0.25) is 19.2 Å². The largest absolute Gasteiger partial charge is 0.462 e. The monoisotopic (exact) mass is 402 g/mol. The summed E-state index contributed by atoms with van der Waals surface area (Å²) >= 11 is 0. The number of ether oxygens (including phenoxy) is 4. The molecule has 0 aliphatic carbocycles. The van der Waals surface area contributed by atoms with Gasteiger partial charge in [0.1, 0.15) is 26.4 Å². The van der Waals surface area contributed by atoms with Crippen molar-refractivity contribution >= 4 is 23.9 Å². The van der Waals surface area contributed by atoms with Crippen LogP contribution in [0.2, 0.25) is 0 Å². The minimum atomic E-state index is -0.590. The molecule has 0 N–H and O–H groups in total. The number of unbranched alkanes of at least 4 members (excludes halogenated alkanes) is 1. The highest BCUT2D eigenvalue weighted by Gasteiger charge is 2.23. The maximum absolute atomic E-state index is 11.6. The predicted molar refractivity (Wildman–Crippen MR) is 101 cm³/mol. The first-order valence-electron chi connectivity index (χ1n) is 9.49. The minimum absolute atomic E-state index is 0.00990. The zero-order valence-corrected chi connectivity index (χ0v) is 17.9. The molecule has 0 saturated carbocycles. The fraction of sp³-hybridized carbons (Fsp3) is 0.800. The second-order valence-electron chi connectivity index (χ2n) is 8.42. The molecule has 0 saturated heterocycles. The van der Waals surface area contributed by atoms with E-state index in [2.05, 4.69) is 0 Å². The van der Waals surface area contributed by atoms with Crippen LogP contribution < -0.4 is 0 Å². The van der Waals surface area contributed by atoms with Crippen LogP contribution in [0.5, 0.6) is 0 Å². The van der Waals surface area contributed by atoms with Crippen LogP contribution in [0.1, 0.15) is 67.2 Å². The molecule has 0 aliphatic heterocycles. The average molecular weight is 402 g/mol.